The number of hydrogen-bond acceptors (Lipinski definition) is 3. The maximum Gasteiger partial charge on any atom is 0.137 e. The Kier molecular flexibility index (Phi) is 4.96. The molecule has 4 aromatic heterocycles. The van der Waals surface area contributed by atoms with E-state index in [1.165, 1.54) is 10.8 Å². The number of aromatic nitrogens is 2. The second-order valence-corrected chi connectivity index (χ2v) is 11.6. The first-order valence-corrected chi connectivity index (χ1v) is 15.1. The monoisotopic (exact) mass is 576 g/mol. The van der Waals surface area contributed by atoms with Gasteiger partial charge >= 0.3 is 0 Å². The molecule has 0 aliphatic rings. The summed E-state index contributed by atoms with van der Waals surface area (Å²) in [6, 6.07) is 50.7. The maximum absolute atomic E-state index is 6.25. The lowest BCUT2D eigenvalue weighted by Gasteiger charge is -2.10. The third-order valence-corrected chi connectivity index (χ3v) is 9.01. The minimum atomic E-state index is 0.886. The van der Waals surface area contributed by atoms with Crippen molar-refractivity contribution in [2.75, 3.05) is 0 Å². The molecule has 4 nitrogen and oxygen atoms in total. The Morgan fingerprint density at radius 3 is 1.82 bits per heavy atom. The quantitative estimate of drug-likeness (QED) is 0.210. The molecule has 0 amide bonds. The molecule has 6 aromatic carbocycles. The molecule has 0 radical (unpaired) electrons. The number of rotatable bonds is 3. The van der Waals surface area contributed by atoms with Crippen LogP contribution < -0.4 is 0 Å². The third-order valence-electron chi connectivity index (χ3n) is 9.01. The summed E-state index contributed by atoms with van der Waals surface area (Å²) in [6.45, 7) is 0. The van der Waals surface area contributed by atoms with Gasteiger partial charge in [-0.3, -0.25) is 0 Å². The highest BCUT2D eigenvalue weighted by molar-refractivity contribution is 6.15. The standard InChI is InChI=1S/C41H24N2O2/c1-4-14-34-27(9-1)30-23-25(19-21-35(30)43(34)36-15-8-18-40-41(36)29-11-3-6-17-38(29)45-40)32-12-7-13-33(42-32)26-20-22-39-31(24-26)28-10-2-5-16-37(28)44-39/h1-24H. The van der Waals surface area contributed by atoms with Gasteiger partial charge in [-0.05, 0) is 72.8 Å². The normalized spacial score (nSPS) is 12.0. The van der Waals surface area contributed by atoms with Crippen molar-refractivity contribution >= 4 is 65.7 Å². The predicted octanol–water partition coefficient (Wildman–Crippen LogP) is 11.3. The second kappa shape index (κ2) is 9.18. The van der Waals surface area contributed by atoms with Gasteiger partial charge in [0.1, 0.15) is 22.3 Å². The highest BCUT2D eigenvalue weighted by Gasteiger charge is 2.18. The Bertz CT molecular complexity index is 2780. The average molecular weight is 577 g/mol. The lowest BCUT2D eigenvalue weighted by Crippen LogP contribution is -1.94. The second-order valence-electron chi connectivity index (χ2n) is 11.6. The van der Waals surface area contributed by atoms with Gasteiger partial charge in [0.25, 0.3) is 0 Å². The summed E-state index contributed by atoms with van der Waals surface area (Å²) < 4.78 is 14.7. The Morgan fingerprint density at radius 1 is 0.400 bits per heavy atom. The van der Waals surface area contributed by atoms with Crippen LogP contribution in [0.25, 0.3) is 93.9 Å². The van der Waals surface area contributed by atoms with Crippen LogP contribution in [0, 0.1) is 0 Å². The van der Waals surface area contributed by atoms with Gasteiger partial charge in [-0.1, -0.05) is 72.8 Å². The third kappa shape index (κ3) is 3.57. The molecule has 0 spiro atoms. The number of pyridine rings is 1. The Labute approximate surface area is 257 Å². The van der Waals surface area contributed by atoms with Crippen molar-refractivity contribution in [1.82, 2.24) is 9.55 Å². The van der Waals surface area contributed by atoms with E-state index in [0.29, 0.717) is 0 Å². The number of para-hydroxylation sites is 3. The van der Waals surface area contributed by atoms with Crippen LogP contribution in [0.1, 0.15) is 0 Å². The van der Waals surface area contributed by atoms with Crippen molar-refractivity contribution in [3.8, 4) is 28.2 Å². The SMILES string of the molecule is c1cc(-c2ccc3oc4ccccc4c3c2)nc(-c2ccc3c(c2)c2ccccc2n3-c2cccc3oc4ccccc4c23)c1. The Hall–Kier alpha value is -6.13. The van der Waals surface area contributed by atoms with Gasteiger partial charge in [0.2, 0.25) is 0 Å². The number of furan rings is 2. The van der Waals surface area contributed by atoms with Crippen LogP contribution in [-0.2, 0) is 0 Å². The summed E-state index contributed by atoms with van der Waals surface area (Å²) in [4.78, 5) is 5.15. The first kappa shape index (κ1) is 24.3. The summed E-state index contributed by atoms with van der Waals surface area (Å²) >= 11 is 0. The average Bonchev–Trinajstić information content (AvgIpc) is 3.77. The molecule has 0 aliphatic heterocycles. The topological polar surface area (TPSA) is 44.1 Å². The molecule has 0 unspecified atom stereocenters. The molecular formula is C41H24N2O2. The molecule has 45 heavy (non-hydrogen) atoms. The van der Waals surface area contributed by atoms with E-state index < -0.39 is 0 Å². The Balaban J connectivity index is 1.15. The lowest BCUT2D eigenvalue weighted by molar-refractivity contribution is 0.668. The molecule has 10 rings (SSSR count). The zero-order valence-electron chi connectivity index (χ0n) is 24.1. The van der Waals surface area contributed by atoms with Crippen molar-refractivity contribution < 1.29 is 8.83 Å². The number of nitrogens with zero attached hydrogens (tertiary/aromatic N) is 2. The van der Waals surface area contributed by atoms with Crippen LogP contribution in [0.2, 0.25) is 0 Å². The van der Waals surface area contributed by atoms with Crippen molar-refractivity contribution in [3.05, 3.63) is 146 Å². The van der Waals surface area contributed by atoms with Crippen LogP contribution in [0.3, 0.4) is 0 Å². The van der Waals surface area contributed by atoms with E-state index in [9.17, 15) is 0 Å². The molecular weight excluding hydrogens is 552 g/mol. The molecule has 0 bridgehead atoms. The molecule has 0 saturated heterocycles. The van der Waals surface area contributed by atoms with Crippen molar-refractivity contribution in [2.45, 2.75) is 0 Å². The smallest absolute Gasteiger partial charge is 0.137 e. The minimum Gasteiger partial charge on any atom is -0.456 e. The van der Waals surface area contributed by atoms with E-state index in [-0.39, 0.29) is 0 Å². The van der Waals surface area contributed by atoms with Crippen molar-refractivity contribution in [1.29, 1.82) is 0 Å². The van der Waals surface area contributed by atoms with E-state index in [2.05, 4.69) is 114 Å². The van der Waals surface area contributed by atoms with Gasteiger partial charge in [0.15, 0.2) is 0 Å². The predicted molar refractivity (Wildman–Crippen MR) is 184 cm³/mol. The van der Waals surface area contributed by atoms with Crippen LogP contribution in [0.5, 0.6) is 0 Å². The van der Waals surface area contributed by atoms with E-state index in [0.717, 1.165) is 83.1 Å². The summed E-state index contributed by atoms with van der Waals surface area (Å²) in [5.41, 5.74) is 11.0. The number of benzene rings is 6. The molecule has 0 saturated carbocycles. The molecule has 0 aliphatic carbocycles. The maximum atomic E-state index is 6.25. The van der Waals surface area contributed by atoms with Gasteiger partial charge in [-0.2, -0.15) is 0 Å². The van der Waals surface area contributed by atoms with Crippen LogP contribution in [0.15, 0.2) is 154 Å². The molecule has 10 aromatic rings. The summed E-state index contributed by atoms with van der Waals surface area (Å²) in [5.74, 6) is 0. The van der Waals surface area contributed by atoms with Crippen molar-refractivity contribution in [2.24, 2.45) is 0 Å². The first-order valence-electron chi connectivity index (χ1n) is 15.1. The largest absolute Gasteiger partial charge is 0.456 e. The summed E-state index contributed by atoms with van der Waals surface area (Å²) in [5, 5.41) is 6.85. The van der Waals surface area contributed by atoms with Gasteiger partial charge in [0, 0.05) is 38.1 Å². The molecule has 210 valence electrons. The summed E-state index contributed by atoms with van der Waals surface area (Å²) in [6.07, 6.45) is 0. The van der Waals surface area contributed by atoms with E-state index in [1.807, 2.05) is 36.4 Å². The van der Waals surface area contributed by atoms with E-state index in [4.69, 9.17) is 13.8 Å². The fraction of sp³-hybridized carbons (Fsp3) is 0. The first-order chi connectivity index (χ1) is 22.3. The lowest BCUT2D eigenvalue weighted by atomic mass is 10.0. The number of fused-ring (bicyclic) bond motifs is 9. The van der Waals surface area contributed by atoms with E-state index in [1.54, 1.807) is 0 Å². The molecule has 0 fully saturated rings. The Morgan fingerprint density at radius 2 is 0.978 bits per heavy atom. The molecule has 4 heteroatoms. The van der Waals surface area contributed by atoms with Gasteiger partial charge < -0.3 is 13.4 Å². The van der Waals surface area contributed by atoms with Crippen LogP contribution >= 0.6 is 0 Å². The zero-order valence-corrected chi connectivity index (χ0v) is 24.1. The highest BCUT2D eigenvalue weighted by Crippen LogP contribution is 2.40. The summed E-state index contributed by atoms with van der Waals surface area (Å²) in [7, 11) is 0. The fourth-order valence-corrected chi connectivity index (χ4v) is 6.98. The number of hydrogen-bond donors (Lipinski definition) is 0. The van der Waals surface area contributed by atoms with Gasteiger partial charge in [-0.15, -0.1) is 0 Å². The molecule has 4 heterocycles. The minimum absolute atomic E-state index is 0.886. The van der Waals surface area contributed by atoms with Crippen molar-refractivity contribution in [3.63, 3.8) is 0 Å². The van der Waals surface area contributed by atoms with Crippen LogP contribution in [0.4, 0.5) is 0 Å². The van der Waals surface area contributed by atoms with Crippen LogP contribution in [-0.4, -0.2) is 9.55 Å². The zero-order chi connectivity index (χ0) is 29.5. The fourth-order valence-electron chi connectivity index (χ4n) is 6.98. The van der Waals surface area contributed by atoms with Gasteiger partial charge in [0.05, 0.1) is 33.5 Å². The molecule has 0 N–H and O–H groups in total. The van der Waals surface area contributed by atoms with E-state index >= 15 is 0 Å². The van der Waals surface area contributed by atoms with Gasteiger partial charge in [-0.25, -0.2) is 4.98 Å². The highest BCUT2D eigenvalue weighted by atomic mass is 16.3. The molecule has 0 atom stereocenters.